The lowest BCUT2D eigenvalue weighted by atomic mass is 10.2. The third-order valence-corrected chi connectivity index (χ3v) is 3.09. The van der Waals surface area contributed by atoms with E-state index < -0.39 is 0 Å². The van der Waals surface area contributed by atoms with Crippen molar-refractivity contribution >= 4 is 22.2 Å². The molecule has 0 N–H and O–H groups in total. The summed E-state index contributed by atoms with van der Waals surface area (Å²) in [6.07, 6.45) is 3.30. The highest BCUT2D eigenvalue weighted by Crippen LogP contribution is 2.30. The molecule has 1 aromatic carbocycles. The molecule has 0 unspecified atom stereocenters. The second-order valence-corrected chi connectivity index (χ2v) is 4.71. The fourth-order valence-electron chi connectivity index (χ4n) is 1.37. The molecule has 1 saturated carbocycles. The topological polar surface area (TPSA) is 35.5 Å². The van der Waals surface area contributed by atoms with Gasteiger partial charge in [-0.1, -0.05) is 6.07 Å². The zero-order chi connectivity index (χ0) is 11.4. The van der Waals surface area contributed by atoms with E-state index in [2.05, 4.69) is 15.9 Å². The summed E-state index contributed by atoms with van der Waals surface area (Å²) in [6.45, 7) is 0.945. The lowest BCUT2D eigenvalue weighted by Gasteiger charge is -2.10. The maximum atomic E-state index is 10.8. The Bertz CT molecular complexity index is 375. The first-order chi connectivity index (χ1) is 7.81. The van der Waals surface area contributed by atoms with Crippen molar-refractivity contribution in [1.82, 2.24) is 0 Å². The number of aldehydes is 1. The standard InChI is InChI=1S/C12H13BrO3/c13-11-3-1-2-10(6-14)12(11)16-8-15-7-9-4-5-9/h1-3,6,9H,4-5,7-8H2. The molecule has 0 radical (unpaired) electrons. The predicted molar refractivity (Wildman–Crippen MR) is 63.7 cm³/mol. The van der Waals surface area contributed by atoms with Gasteiger partial charge in [-0.25, -0.2) is 0 Å². The summed E-state index contributed by atoms with van der Waals surface area (Å²) in [5.41, 5.74) is 0.532. The Morgan fingerprint density at radius 1 is 1.44 bits per heavy atom. The van der Waals surface area contributed by atoms with Crippen LogP contribution in [0.25, 0.3) is 0 Å². The van der Waals surface area contributed by atoms with Crippen molar-refractivity contribution in [1.29, 1.82) is 0 Å². The summed E-state index contributed by atoms with van der Waals surface area (Å²) in [6, 6.07) is 5.35. The van der Waals surface area contributed by atoms with E-state index in [1.165, 1.54) is 12.8 Å². The molecule has 86 valence electrons. The number of rotatable bonds is 6. The highest BCUT2D eigenvalue weighted by atomic mass is 79.9. The quantitative estimate of drug-likeness (QED) is 0.458. The van der Waals surface area contributed by atoms with Crippen LogP contribution in [-0.4, -0.2) is 19.7 Å². The van der Waals surface area contributed by atoms with E-state index in [9.17, 15) is 4.79 Å². The van der Waals surface area contributed by atoms with Gasteiger partial charge in [0.15, 0.2) is 13.1 Å². The van der Waals surface area contributed by atoms with Crippen LogP contribution < -0.4 is 4.74 Å². The van der Waals surface area contributed by atoms with Gasteiger partial charge in [0.25, 0.3) is 0 Å². The molecular weight excluding hydrogens is 272 g/mol. The van der Waals surface area contributed by atoms with Gasteiger partial charge in [-0.15, -0.1) is 0 Å². The summed E-state index contributed by atoms with van der Waals surface area (Å²) in [5.74, 6) is 1.27. The van der Waals surface area contributed by atoms with Crippen molar-refractivity contribution in [3.8, 4) is 5.75 Å². The SMILES string of the molecule is O=Cc1cccc(Br)c1OCOCC1CC1. The summed E-state index contributed by atoms with van der Waals surface area (Å²) in [5, 5.41) is 0. The zero-order valence-electron chi connectivity index (χ0n) is 8.82. The summed E-state index contributed by atoms with van der Waals surface area (Å²) in [7, 11) is 0. The lowest BCUT2D eigenvalue weighted by molar-refractivity contribution is 0.00928. The van der Waals surface area contributed by atoms with E-state index in [0.29, 0.717) is 17.2 Å². The number of carbonyl (C=O) groups excluding carboxylic acids is 1. The number of halogens is 1. The molecule has 0 aliphatic heterocycles. The number of ether oxygens (including phenoxy) is 2. The fourth-order valence-corrected chi connectivity index (χ4v) is 1.87. The Labute approximate surface area is 103 Å². The van der Waals surface area contributed by atoms with Gasteiger partial charge >= 0.3 is 0 Å². The number of hydrogen-bond acceptors (Lipinski definition) is 3. The first-order valence-electron chi connectivity index (χ1n) is 5.25. The Morgan fingerprint density at radius 2 is 2.25 bits per heavy atom. The molecular formula is C12H13BrO3. The summed E-state index contributed by atoms with van der Waals surface area (Å²) < 4.78 is 11.6. The predicted octanol–water partition coefficient (Wildman–Crippen LogP) is 3.02. The molecule has 1 fully saturated rings. The van der Waals surface area contributed by atoms with E-state index in [0.717, 1.165) is 17.4 Å². The minimum atomic E-state index is 0.194. The largest absolute Gasteiger partial charge is 0.466 e. The fraction of sp³-hybridized carbons (Fsp3) is 0.417. The average molecular weight is 285 g/mol. The third kappa shape index (κ3) is 3.06. The van der Waals surface area contributed by atoms with Gasteiger partial charge in [-0.05, 0) is 46.8 Å². The number of para-hydroxylation sites is 1. The highest BCUT2D eigenvalue weighted by molar-refractivity contribution is 9.10. The Hall–Kier alpha value is -0.870. The van der Waals surface area contributed by atoms with Gasteiger partial charge in [0.1, 0.15) is 5.75 Å². The van der Waals surface area contributed by atoms with Gasteiger partial charge in [-0.2, -0.15) is 0 Å². The van der Waals surface area contributed by atoms with Crippen LogP contribution in [0.5, 0.6) is 5.75 Å². The van der Waals surface area contributed by atoms with Gasteiger partial charge in [-0.3, -0.25) is 4.79 Å². The molecule has 0 saturated heterocycles. The molecule has 0 amide bonds. The summed E-state index contributed by atoms with van der Waals surface area (Å²) in [4.78, 5) is 10.8. The second kappa shape index (κ2) is 5.46. The van der Waals surface area contributed by atoms with Crippen molar-refractivity contribution in [3.05, 3.63) is 28.2 Å². The number of benzene rings is 1. The first-order valence-corrected chi connectivity index (χ1v) is 6.05. The van der Waals surface area contributed by atoms with E-state index in [4.69, 9.17) is 9.47 Å². The van der Waals surface area contributed by atoms with Crippen LogP contribution in [-0.2, 0) is 4.74 Å². The second-order valence-electron chi connectivity index (χ2n) is 3.85. The van der Waals surface area contributed by atoms with E-state index in [-0.39, 0.29) is 6.79 Å². The third-order valence-electron chi connectivity index (χ3n) is 2.46. The molecule has 0 aromatic heterocycles. The minimum Gasteiger partial charge on any atom is -0.466 e. The van der Waals surface area contributed by atoms with Crippen LogP contribution in [0.2, 0.25) is 0 Å². The lowest BCUT2D eigenvalue weighted by Crippen LogP contribution is -2.06. The van der Waals surface area contributed by atoms with E-state index in [1.54, 1.807) is 12.1 Å². The Kier molecular flexibility index (Phi) is 3.96. The molecule has 0 heterocycles. The van der Waals surface area contributed by atoms with Crippen LogP contribution in [0, 0.1) is 5.92 Å². The highest BCUT2D eigenvalue weighted by Gasteiger charge is 2.21. The van der Waals surface area contributed by atoms with Gasteiger partial charge in [0.2, 0.25) is 0 Å². The number of hydrogen-bond donors (Lipinski definition) is 0. The Balaban J connectivity index is 1.88. The van der Waals surface area contributed by atoms with Crippen LogP contribution in [0.15, 0.2) is 22.7 Å². The normalized spacial score (nSPS) is 14.8. The van der Waals surface area contributed by atoms with Crippen LogP contribution >= 0.6 is 15.9 Å². The van der Waals surface area contributed by atoms with Crippen molar-refractivity contribution in [2.24, 2.45) is 5.92 Å². The maximum Gasteiger partial charge on any atom is 0.189 e. The van der Waals surface area contributed by atoms with Gasteiger partial charge in [0, 0.05) is 0 Å². The van der Waals surface area contributed by atoms with Gasteiger partial charge < -0.3 is 9.47 Å². The zero-order valence-corrected chi connectivity index (χ0v) is 10.4. The Morgan fingerprint density at radius 3 is 2.94 bits per heavy atom. The van der Waals surface area contributed by atoms with Crippen molar-refractivity contribution in [3.63, 3.8) is 0 Å². The van der Waals surface area contributed by atoms with Crippen LogP contribution in [0.3, 0.4) is 0 Å². The molecule has 1 aliphatic rings. The molecule has 16 heavy (non-hydrogen) atoms. The van der Waals surface area contributed by atoms with Crippen LogP contribution in [0.4, 0.5) is 0 Å². The van der Waals surface area contributed by atoms with Crippen molar-refractivity contribution < 1.29 is 14.3 Å². The monoisotopic (exact) mass is 284 g/mol. The van der Waals surface area contributed by atoms with Gasteiger partial charge in [0.05, 0.1) is 16.6 Å². The molecule has 0 spiro atoms. The van der Waals surface area contributed by atoms with Crippen molar-refractivity contribution in [2.45, 2.75) is 12.8 Å². The molecule has 0 bridgehead atoms. The summed E-state index contributed by atoms with van der Waals surface area (Å²) >= 11 is 3.34. The number of carbonyl (C=O) groups is 1. The van der Waals surface area contributed by atoms with E-state index >= 15 is 0 Å². The van der Waals surface area contributed by atoms with E-state index in [1.807, 2.05) is 6.07 Å². The van der Waals surface area contributed by atoms with Crippen molar-refractivity contribution in [2.75, 3.05) is 13.4 Å². The average Bonchev–Trinajstić information content (AvgIpc) is 3.09. The smallest absolute Gasteiger partial charge is 0.189 e. The molecule has 0 atom stereocenters. The van der Waals surface area contributed by atoms with Crippen LogP contribution in [0.1, 0.15) is 23.2 Å². The molecule has 1 aliphatic carbocycles. The minimum absolute atomic E-state index is 0.194. The molecule has 4 heteroatoms. The molecule has 3 nitrogen and oxygen atoms in total. The first kappa shape index (κ1) is 11.6. The molecule has 2 rings (SSSR count). The molecule has 1 aromatic rings. The maximum absolute atomic E-state index is 10.8.